The van der Waals surface area contributed by atoms with Crippen molar-refractivity contribution in [1.29, 1.82) is 0 Å². The first kappa shape index (κ1) is 16.7. The monoisotopic (exact) mass is 298 g/mol. The molecule has 2 unspecified atom stereocenters. The van der Waals surface area contributed by atoms with Gasteiger partial charge in [0.2, 0.25) is 0 Å². The molecular weight excluding hydrogens is 272 g/mol. The van der Waals surface area contributed by atoms with Gasteiger partial charge in [0, 0.05) is 5.92 Å². The van der Waals surface area contributed by atoms with Gasteiger partial charge in [0.1, 0.15) is 6.10 Å². The van der Waals surface area contributed by atoms with E-state index in [-0.39, 0.29) is 12.0 Å². The quantitative estimate of drug-likeness (QED) is 0.571. The summed E-state index contributed by atoms with van der Waals surface area (Å²) in [6.45, 7) is 10.5. The average molecular weight is 298 g/mol. The van der Waals surface area contributed by atoms with Crippen LogP contribution in [0, 0.1) is 27.7 Å². The Hall–Kier alpha value is -1.64. The minimum atomic E-state index is -0.341. The smallest absolute Gasteiger partial charge is 0.125 e. The number of hydrogen-bond acceptors (Lipinski definition) is 2. The van der Waals surface area contributed by atoms with E-state index < -0.39 is 0 Å². The second-order valence-corrected chi connectivity index (χ2v) is 6.26. The largest absolute Gasteiger partial charge is 0.251 e. The van der Waals surface area contributed by atoms with Crippen molar-refractivity contribution >= 4 is 0 Å². The fraction of sp³-hybridized carbons (Fsp3) is 0.400. The third kappa shape index (κ3) is 3.40. The molecule has 0 saturated heterocycles. The van der Waals surface area contributed by atoms with Gasteiger partial charge in [0.15, 0.2) is 0 Å². The van der Waals surface area contributed by atoms with E-state index in [1.165, 1.54) is 22.3 Å². The van der Waals surface area contributed by atoms with Crippen molar-refractivity contribution < 1.29 is 10.1 Å². The molecule has 2 atom stereocenters. The van der Waals surface area contributed by atoms with E-state index in [1.54, 1.807) is 0 Å². The highest BCUT2D eigenvalue weighted by atomic mass is 17.1. The molecule has 0 bridgehead atoms. The fourth-order valence-corrected chi connectivity index (χ4v) is 3.33. The van der Waals surface area contributed by atoms with Crippen molar-refractivity contribution in [2.24, 2.45) is 0 Å². The van der Waals surface area contributed by atoms with Crippen LogP contribution in [0.2, 0.25) is 0 Å². The topological polar surface area (TPSA) is 29.5 Å². The number of aryl methyl sites for hydroxylation is 4. The van der Waals surface area contributed by atoms with Crippen LogP contribution in [0.1, 0.15) is 58.7 Å². The van der Waals surface area contributed by atoms with Crippen LogP contribution in [0.4, 0.5) is 0 Å². The summed E-state index contributed by atoms with van der Waals surface area (Å²) >= 11 is 0. The summed E-state index contributed by atoms with van der Waals surface area (Å²) in [5.74, 6) is 0.131. The third-order valence-electron chi connectivity index (χ3n) is 4.48. The maximum Gasteiger partial charge on any atom is 0.125 e. The average Bonchev–Trinajstić information content (AvgIpc) is 2.47. The molecule has 118 valence electrons. The van der Waals surface area contributed by atoms with E-state index in [4.69, 9.17) is 4.89 Å². The highest BCUT2D eigenvalue weighted by molar-refractivity contribution is 5.38. The van der Waals surface area contributed by atoms with E-state index in [1.807, 2.05) is 0 Å². The lowest BCUT2D eigenvalue weighted by Gasteiger charge is -2.27. The lowest BCUT2D eigenvalue weighted by Crippen LogP contribution is -2.15. The molecular formula is C20H26O2. The molecule has 2 nitrogen and oxygen atoms in total. The standard InChI is InChI=1S/C20H26O2/c1-6-17(18-9-7-13(2)11-15(18)4)20(22-21)19-10-8-14(3)12-16(19)5/h7-12,17,20-21H,6H2,1-5H3. The van der Waals surface area contributed by atoms with Crippen molar-refractivity contribution in [3.63, 3.8) is 0 Å². The Morgan fingerprint density at radius 1 is 0.864 bits per heavy atom. The summed E-state index contributed by atoms with van der Waals surface area (Å²) in [5, 5.41) is 9.58. The molecule has 0 aliphatic heterocycles. The molecule has 0 radical (unpaired) electrons. The SMILES string of the molecule is CCC(c1ccc(C)cc1C)C(OO)c1ccc(C)cc1C. The van der Waals surface area contributed by atoms with E-state index in [9.17, 15) is 5.26 Å². The summed E-state index contributed by atoms with van der Waals surface area (Å²) in [6, 6.07) is 12.8. The number of hydrogen-bond donors (Lipinski definition) is 1. The van der Waals surface area contributed by atoms with Crippen LogP contribution < -0.4 is 0 Å². The van der Waals surface area contributed by atoms with Gasteiger partial charge in [-0.15, -0.1) is 0 Å². The van der Waals surface area contributed by atoms with Crippen molar-refractivity contribution in [3.05, 3.63) is 69.8 Å². The molecule has 1 N–H and O–H groups in total. The van der Waals surface area contributed by atoms with Crippen molar-refractivity contribution in [3.8, 4) is 0 Å². The van der Waals surface area contributed by atoms with E-state index in [0.29, 0.717) is 0 Å². The highest BCUT2D eigenvalue weighted by Crippen LogP contribution is 2.39. The summed E-state index contributed by atoms with van der Waals surface area (Å²) in [4.78, 5) is 4.95. The minimum absolute atomic E-state index is 0.131. The molecule has 0 fully saturated rings. The summed E-state index contributed by atoms with van der Waals surface area (Å²) in [5.41, 5.74) is 7.18. The van der Waals surface area contributed by atoms with Crippen LogP contribution in [0.5, 0.6) is 0 Å². The zero-order chi connectivity index (χ0) is 16.3. The van der Waals surface area contributed by atoms with Gasteiger partial charge in [-0.1, -0.05) is 54.4 Å². The Morgan fingerprint density at radius 3 is 1.77 bits per heavy atom. The second-order valence-electron chi connectivity index (χ2n) is 6.26. The fourth-order valence-electron chi connectivity index (χ4n) is 3.33. The lowest BCUT2D eigenvalue weighted by atomic mass is 9.83. The summed E-state index contributed by atoms with van der Waals surface area (Å²) in [7, 11) is 0. The summed E-state index contributed by atoms with van der Waals surface area (Å²) < 4.78 is 0. The van der Waals surface area contributed by atoms with Gasteiger partial charge in [0.25, 0.3) is 0 Å². The van der Waals surface area contributed by atoms with Crippen molar-refractivity contribution in [1.82, 2.24) is 0 Å². The van der Waals surface area contributed by atoms with E-state index in [2.05, 4.69) is 71.0 Å². The molecule has 0 aliphatic carbocycles. The van der Waals surface area contributed by atoms with Gasteiger partial charge in [-0.05, 0) is 56.4 Å². The Kier molecular flexibility index (Phi) is 5.38. The van der Waals surface area contributed by atoms with E-state index in [0.717, 1.165) is 17.5 Å². The van der Waals surface area contributed by atoms with Crippen LogP contribution in [0.25, 0.3) is 0 Å². The summed E-state index contributed by atoms with van der Waals surface area (Å²) in [6.07, 6.45) is 0.564. The maximum absolute atomic E-state index is 9.58. The van der Waals surface area contributed by atoms with Crippen LogP contribution in [-0.2, 0) is 4.89 Å². The molecule has 2 heteroatoms. The van der Waals surface area contributed by atoms with Crippen molar-refractivity contribution in [2.75, 3.05) is 0 Å². The van der Waals surface area contributed by atoms with Gasteiger partial charge >= 0.3 is 0 Å². The molecule has 2 rings (SSSR count). The Labute approximate surface area is 133 Å². The molecule has 0 aromatic heterocycles. The van der Waals surface area contributed by atoms with E-state index >= 15 is 0 Å². The Bertz CT molecular complexity index is 589. The van der Waals surface area contributed by atoms with Gasteiger partial charge in [0.05, 0.1) is 0 Å². The van der Waals surface area contributed by atoms with Crippen molar-refractivity contribution in [2.45, 2.75) is 53.1 Å². The zero-order valence-corrected chi connectivity index (χ0v) is 14.2. The number of rotatable bonds is 5. The first-order chi connectivity index (χ1) is 10.5. The normalized spacial score (nSPS) is 13.9. The van der Waals surface area contributed by atoms with Gasteiger partial charge in [-0.25, -0.2) is 4.89 Å². The first-order valence-corrected chi connectivity index (χ1v) is 7.92. The molecule has 0 aliphatic rings. The predicted molar refractivity (Wildman–Crippen MR) is 91.3 cm³/mol. The van der Waals surface area contributed by atoms with Gasteiger partial charge in [-0.3, -0.25) is 5.26 Å². The molecule has 2 aromatic carbocycles. The van der Waals surface area contributed by atoms with Crippen LogP contribution in [0.3, 0.4) is 0 Å². The van der Waals surface area contributed by atoms with Crippen LogP contribution in [0.15, 0.2) is 36.4 Å². The van der Waals surface area contributed by atoms with Crippen LogP contribution >= 0.6 is 0 Å². The minimum Gasteiger partial charge on any atom is -0.251 e. The Morgan fingerprint density at radius 2 is 1.36 bits per heavy atom. The molecule has 0 amide bonds. The highest BCUT2D eigenvalue weighted by Gasteiger charge is 2.27. The lowest BCUT2D eigenvalue weighted by molar-refractivity contribution is -0.287. The second kappa shape index (κ2) is 7.08. The first-order valence-electron chi connectivity index (χ1n) is 7.92. The van der Waals surface area contributed by atoms with Gasteiger partial charge in [-0.2, -0.15) is 0 Å². The predicted octanol–water partition coefficient (Wildman–Crippen LogP) is 5.64. The molecule has 0 spiro atoms. The molecule has 22 heavy (non-hydrogen) atoms. The molecule has 2 aromatic rings. The third-order valence-corrected chi connectivity index (χ3v) is 4.48. The molecule has 0 saturated carbocycles. The zero-order valence-electron chi connectivity index (χ0n) is 14.2. The Balaban J connectivity index is 2.46. The maximum atomic E-state index is 9.58. The van der Waals surface area contributed by atoms with Gasteiger partial charge < -0.3 is 0 Å². The number of benzene rings is 2. The molecule has 0 heterocycles. The van der Waals surface area contributed by atoms with Crippen LogP contribution in [-0.4, -0.2) is 5.26 Å².